The lowest BCUT2D eigenvalue weighted by molar-refractivity contribution is 0.213. The first-order chi connectivity index (χ1) is 10.5. The van der Waals surface area contributed by atoms with Gasteiger partial charge in [0.1, 0.15) is 11.3 Å². The third-order valence-corrected chi connectivity index (χ3v) is 3.33. The van der Waals surface area contributed by atoms with Gasteiger partial charge in [-0.2, -0.15) is 0 Å². The molecule has 6 nitrogen and oxygen atoms in total. The summed E-state index contributed by atoms with van der Waals surface area (Å²) in [5, 5.41) is 10.6. The molecule has 0 saturated heterocycles. The van der Waals surface area contributed by atoms with E-state index in [1.54, 1.807) is 12.1 Å². The first kappa shape index (κ1) is 16.6. The van der Waals surface area contributed by atoms with E-state index in [2.05, 4.69) is 9.97 Å². The molecule has 22 heavy (non-hydrogen) atoms. The Bertz CT molecular complexity index is 637. The Kier molecular flexibility index (Phi) is 5.28. The topological polar surface area (TPSA) is 73.7 Å². The lowest BCUT2D eigenvalue weighted by Crippen LogP contribution is -2.05. The van der Waals surface area contributed by atoms with Crippen molar-refractivity contribution in [3.8, 4) is 17.2 Å². The number of hydrogen-bond acceptors (Lipinski definition) is 6. The lowest BCUT2D eigenvalue weighted by Gasteiger charge is -2.17. The summed E-state index contributed by atoms with van der Waals surface area (Å²) in [5.74, 6) is 1.27. The van der Waals surface area contributed by atoms with Crippen LogP contribution in [0.25, 0.3) is 0 Å². The zero-order valence-corrected chi connectivity index (χ0v) is 13.6. The molecular weight excluding hydrogens is 331 g/mol. The van der Waals surface area contributed by atoms with E-state index in [4.69, 9.17) is 37.4 Å². The van der Waals surface area contributed by atoms with Crippen LogP contribution in [0, 0.1) is 0 Å². The Morgan fingerprint density at radius 2 is 1.55 bits per heavy atom. The van der Waals surface area contributed by atoms with Crippen molar-refractivity contribution in [2.24, 2.45) is 0 Å². The van der Waals surface area contributed by atoms with Gasteiger partial charge in [0.05, 0.1) is 27.0 Å². The second kappa shape index (κ2) is 7.00. The number of hydrogen-bond donors (Lipinski definition) is 1. The number of methoxy groups -OCH3 is 3. The number of ether oxygens (including phenoxy) is 3. The van der Waals surface area contributed by atoms with E-state index in [-0.39, 0.29) is 16.1 Å². The van der Waals surface area contributed by atoms with Crippen LogP contribution in [0.3, 0.4) is 0 Å². The minimum atomic E-state index is -1.08. The fraction of sp³-hybridized carbons (Fsp3) is 0.286. The number of aliphatic hydroxyl groups is 1. The molecule has 1 N–H and O–H groups in total. The highest BCUT2D eigenvalue weighted by Gasteiger charge is 2.20. The Morgan fingerprint density at radius 1 is 0.955 bits per heavy atom. The Morgan fingerprint density at radius 3 is 2.00 bits per heavy atom. The molecule has 8 heteroatoms. The van der Waals surface area contributed by atoms with E-state index < -0.39 is 6.10 Å². The van der Waals surface area contributed by atoms with Crippen molar-refractivity contribution < 1.29 is 19.3 Å². The van der Waals surface area contributed by atoms with Crippen molar-refractivity contribution in [1.29, 1.82) is 0 Å². The summed E-state index contributed by atoms with van der Waals surface area (Å²) in [6.45, 7) is 0. The number of rotatable bonds is 5. The molecule has 1 aromatic heterocycles. The summed E-state index contributed by atoms with van der Waals surface area (Å²) in [4.78, 5) is 7.72. The molecular formula is C14H14Cl2N2O4. The van der Waals surface area contributed by atoms with Gasteiger partial charge in [-0.15, -0.1) is 0 Å². The van der Waals surface area contributed by atoms with Crippen LogP contribution in [0.4, 0.5) is 0 Å². The summed E-state index contributed by atoms with van der Waals surface area (Å²) in [7, 11) is 4.48. The number of halogens is 2. The van der Waals surface area contributed by atoms with Gasteiger partial charge >= 0.3 is 0 Å². The zero-order chi connectivity index (χ0) is 16.3. The number of nitrogens with zero attached hydrogens (tertiary/aromatic N) is 2. The molecule has 0 aliphatic rings. The molecule has 2 aromatic rings. The van der Waals surface area contributed by atoms with Crippen LogP contribution in [0.5, 0.6) is 17.2 Å². The fourth-order valence-electron chi connectivity index (χ4n) is 1.98. The van der Waals surface area contributed by atoms with Gasteiger partial charge in [-0.3, -0.25) is 0 Å². The Labute approximate surface area is 137 Å². The minimum absolute atomic E-state index is 0.0472. The summed E-state index contributed by atoms with van der Waals surface area (Å²) in [5.41, 5.74) is 0.750. The van der Waals surface area contributed by atoms with Gasteiger partial charge in [0.15, 0.2) is 11.5 Å². The third-order valence-electron chi connectivity index (χ3n) is 2.97. The summed E-state index contributed by atoms with van der Waals surface area (Å²) < 4.78 is 15.7. The summed E-state index contributed by atoms with van der Waals surface area (Å²) >= 11 is 11.6. The number of aromatic nitrogens is 2. The Hall–Kier alpha value is -1.76. The van der Waals surface area contributed by atoms with Crippen LogP contribution in [0.1, 0.15) is 17.4 Å². The second-order valence-corrected chi connectivity index (χ2v) is 4.97. The fourth-order valence-corrected chi connectivity index (χ4v) is 2.40. The largest absolute Gasteiger partial charge is 0.493 e. The second-order valence-electron chi connectivity index (χ2n) is 4.25. The van der Waals surface area contributed by atoms with Crippen molar-refractivity contribution in [2.75, 3.05) is 21.3 Å². The SMILES string of the molecule is COc1cc(C(O)c2cc(Cl)nc(Cl)n2)cc(OC)c1OC. The van der Waals surface area contributed by atoms with Crippen LogP contribution in [0.2, 0.25) is 10.4 Å². The van der Waals surface area contributed by atoms with Gasteiger partial charge in [-0.05, 0) is 29.3 Å². The molecule has 0 saturated carbocycles. The smallest absolute Gasteiger partial charge is 0.224 e. The molecule has 118 valence electrons. The van der Waals surface area contributed by atoms with Gasteiger partial charge < -0.3 is 19.3 Å². The molecule has 0 aliphatic heterocycles. The third kappa shape index (κ3) is 3.35. The van der Waals surface area contributed by atoms with E-state index >= 15 is 0 Å². The zero-order valence-electron chi connectivity index (χ0n) is 12.1. The quantitative estimate of drug-likeness (QED) is 0.664. The molecule has 0 fully saturated rings. The molecule has 0 spiro atoms. The standard InChI is InChI=1S/C14H14Cl2N2O4/c1-20-9-4-7(5-10(21-2)13(9)22-3)12(19)8-6-11(15)18-14(16)17-8/h4-6,12,19H,1-3H3. The summed E-state index contributed by atoms with van der Waals surface area (Å²) in [6.07, 6.45) is -1.08. The maximum absolute atomic E-state index is 10.5. The van der Waals surface area contributed by atoms with Crippen LogP contribution in [-0.4, -0.2) is 36.4 Å². The van der Waals surface area contributed by atoms with Gasteiger partial charge in [0.25, 0.3) is 0 Å². The van der Waals surface area contributed by atoms with E-state index in [1.807, 2.05) is 0 Å². The molecule has 1 atom stereocenters. The van der Waals surface area contributed by atoms with Crippen molar-refractivity contribution >= 4 is 23.2 Å². The van der Waals surface area contributed by atoms with Gasteiger partial charge in [0.2, 0.25) is 11.0 Å². The van der Waals surface area contributed by atoms with Crippen LogP contribution in [0.15, 0.2) is 18.2 Å². The van der Waals surface area contributed by atoms with Crippen LogP contribution >= 0.6 is 23.2 Å². The molecule has 0 amide bonds. The van der Waals surface area contributed by atoms with Crippen molar-refractivity contribution in [2.45, 2.75) is 6.10 Å². The van der Waals surface area contributed by atoms with Crippen molar-refractivity contribution in [3.63, 3.8) is 0 Å². The average molecular weight is 345 g/mol. The molecule has 2 rings (SSSR count). The minimum Gasteiger partial charge on any atom is -0.493 e. The molecule has 1 heterocycles. The molecule has 1 aromatic carbocycles. The number of benzene rings is 1. The maximum atomic E-state index is 10.5. The van der Waals surface area contributed by atoms with Gasteiger partial charge in [-0.1, -0.05) is 11.6 Å². The monoisotopic (exact) mass is 344 g/mol. The highest BCUT2D eigenvalue weighted by Crippen LogP contribution is 2.40. The predicted octanol–water partition coefficient (Wildman–Crippen LogP) is 2.89. The predicted molar refractivity (Wildman–Crippen MR) is 82.2 cm³/mol. The molecule has 0 bridgehead atoms. The van der Waals surface area contributed by atoms with Gasteiger partial charge in [0, 0.05) is 6.07 Å². The van der Waals surface area contributed by atoms with E-state index in [0.29, 0.717) is 22.8 Å². The van der Waals surface area contributed by atoms with E-state index in [1.165, 1.54) is 27.4 Å². The highest BCUT2D eigenvalue weighted by molar-refractivity contribution is 6.31. The van der Waals surface area contributed by atoms with E-state index in [0.717, 1.165) is 0 Å². The molecule has 0 aliphatic carbocycles. The Balaban J connectivity index is 2.51. The van der Waals surface area contributed by atoms with E-state index in [9.17, 15) is 5.11 Å². The summed E-state index contributed by atoms with van der Waals surface area (Å²) in [6, 6.07) is 4.67. The average Bonchev–Trinajstić information content (AvgIpc) is 2.51. The van der Waals surface area contributed by atoms with Crippen LogP contribution in [-0.2, 0) is 0 Å². The van der Waals surface area contributed by atoms with Crippen molar-refractivity contribution in [3.05, 3.63) is 39.9 Å². The molecule has 1 unspecified atom stereocenters. The van der Waals surface area contributed by atoms with Gasteiger partial charge in [-0.25, -0.2) is 9.97 Å². The van der Waals surface area contributed by atoms with Crippen LogP contribution < -0.4 is 14.2 Å². The highest BCUT2D eigenvalue weighted by atomic mass is 35.5. The first-order valence-electron chi connectivity index (χ1n) is 6.18. The maximum Gasteiger partial charge on any atom is 0.224 e. The molecule has 0 radical (unpaired) electrons. The lowest BCUT2D eigenvalue weighted by atomic mass is 10.0. The first-order valence-corrected chi connectivity index (χ1v) is 6.93. The number of aliphatic hydroxyl groups excluding tert-OH is 1. The van der Waals surface area contributed by atoms with Crippen molar-refractivity contribution in [1.82, 2.24) is 9.97 Å². The normalized spacial score (nSPS) is 11.9.